The van der Waals surface area contributed by atoms with Crippen LogP contribution in [-0.2, 0) is 0 Å². The molecule has 5 rings (SSSR count). The summed E-state index contributed by atoms with van der Waals surface area (Å²) in [6, 6.07) is 3.92. The molecule has 3 N–H and O–H groups in total. The van der Waals surface area contributed by atoms with Gasteiger partial charge in [-0.25, -0.2) is 4.98 Å². The Morgan fingerprint density at radius 3 is 3.07 bits per heavy atom. The molecule has 5 atom stereocenters. The molecule has 7 heteroatoms. The molecule has 2 heterocycles. The topological polar surface area (TPSA) is 87.1 Å². The molecule has 3 aliphatic carbocycles. The molecule has 3 unspecified atom stereocenters. The summed E-state index contributed by atoms with van der Waals surface area (Å²) in [7, 11) is 0. The van der Waals surface area contributed by atoms with Gasteiger partial charge in [0.1, 0.15) is 5.69 Å². The minimum Gasteiger partial charge on any atom is -0.390 e. The predicted octanol–water partition coefficient (Wildman–Crippen LogP) is 3.34. The van der Waals surface area contributed by atoms with Crippen LogP contribution in [0.1, 0.15) is 49.0 Å². The van der Waals surface area contributed by atoms with Gasteiger partial charge in [-0.05, 0) is 68.4 Å². The van der Waals surface area contributed by atoms with Crippen molar-refractivity contribution in [2.24, 2.45) is 17.8 Å². The zero-order valence-corrected chi connectivity index (χ0v) is 15.9. The molecular formula is C20H24N4O2S. The molecular weight excluding hydrogens is 360 g/mol. The lowest BCUT2D eigenvalue weighted by molar-refractivity contribution is -0.00594. The molecule has 3 fully saturated rings. The monoisotopic (exact) mass is 384 g/mol. The Morgan fingerprint density at radius 1 is 1.30 bits per heavy atom. The predicted molar refractivity (Wildman–Crippen MR) is 104 cm³/mol. The molecule has 3 bridgehead atoms. The van der Waals surface area contributed by atoms with Gasteiger partial charge in [-0.15, -0.1) is 11.3 Å². The number of pyridine rings is 1. The van der Waals surface area contributed by atoms with Crippen molar-refractivity contribution >= 4 is 28.1 Å². The van der Waals surface area contributed by atoms with E-state index in [9.17, 15) is 9.90 Å². The van der Waals surface area contributed by atoms with E-state index >= 15 is 0 Å². The van der Waals surface area contributed by atoms with Gasteiger partial charge >= 0.3 is 0 Å². The molecule has 3 aliphatic rings. The fourth-order valence-corrected chi connectivity index (χ4v) is 6.25. The number of carbonyl (C=O) groups excluding carboxylic acids is 1. The Morgan fingerprint density at radius 2 is 2.22 bits per heavy atom. The molecule has 0 aliphatic heterocycles. The number of aromatic nitrogens is 2. The van der Waals surface area contributed by atoms with E-state index in [1.54, 1.807) is 17.8 Å². The number of anilines is 2. The number of hydrogen-bond acceptors (Lipinski definition) is 6. The molecule has 0 saturated heterocycles. The van der Waals surface area contributed by atoms with E-state index < -0.39 is 5.60 Å². The number of rotatable bonds is 4. The van der Waals surface area contributed by atoms with Gasteiger partial charge in [0.25, 0.3) is 5.91 Å². The molecule has 0 radical (unpaired) electrons. The van der Waals surface area contributed by atoms with E-state index in [0.717, 1.165) is 37.8 Å². The van der Waals surface area contributed by atoms with Crippen molar-refractivity contribution in [1.82, 2.24) is 15.3 Å². The second-order valence-electron chi connectivity index (χ2n) is 8.42. The zero-order chi connectivity index (χ0) is 18.4. The first-order valence-corrected chi connectivity index (χ1v) is 10.6. The van der Waals surface area contributed by atoms with Crippen LogP contribution in [0, 0.1) is 17.8 Å². The quantitative estimate of drug-likeness (QED) is 0.753. The zero-order valence-electron chi connectivity index (χ0n) is 15.1. The summed E-state index contributed by atoms with van der Waals surface area (Å²) in [5.74, 6) is 1.47. The van der Waals surface area contributed by atoms with Crippen molar-refractivity contribution in [3.05, 3.63) is 35.6 Å². The maximum absolute atomic E-state index is 12.8. The second kappa shape index (κ2) is 6.56. The van der Waals surface area contributed by atoms with Crippen LogP contribution in [0.15, 0.2) is 29.9 Å². The Kier molecular flexibility index (Phi) is 4.16. The second-order valence-corrected chi connectivity index (χ2v) is 9.28. The van der Waals surface area contributed by atoms with E-state index in [0.29, 0.717) is 28.6 Å². The van der Waals surface area contributed by atoms with Crippen molar-refractivity contribution in [3.8, 4) is 0 Å². The van der Waals surface area contributed by atoms with Crippen LogP contribution in [0.4, 0.5) is 10.8 Å². The van der Waals surface area contributed by atoms with E-state index in [2.05, 4.69) is 20.6 Å². The molecule has 0 aromatic carbocycles. The number of aliphatic hydroxyl groups is 1. The van der Waals surface area contributed by atoms with E-state index in [1.807, 2.05) is 12.1 Å². The maximum atomic E-state index is 12.8. The third kappa shape index (κ3) is 3.34. The van der Waals surface area contributed by atoms with Gasteiger partial charge in [-0.1, -0.05) is 0 Å². The van der Waals surface area contributed by atoms with Crippen LogP contribution in [-0.4, -0.2) is 32.6 Å². The summed E-state index contributed by atoms with van der Waals surface area (Å²) in [6.07, 6.45) is 9.48. The first-order valence-electron chi connectivity index (χ1n) is 9.74. The summed E-state index contributed by atoms with van der Waals surface area (Å²) in [5.41, 5.74) is 0.821. The summed E-state index contributed by atoms with van der Waals surface area (Å²) in [5, 5.41) is 19.7. The van der Waals surface area contributed by atoms with Gasteiger partial charge in [0.05, 0.1) is 17.5 Å². The lowest BCUT2D eigenvalue weighted by Gasteiger charge is -2.33. The van der Waals surface area contributed by atoms with Crippen molar-refractivity contribution in [2.45, 2.75) is 50.2 Å². The summed E-state index contributed by atoms with van der Waals surface area (Å²) >= 11 is 1.41. The Hall–Kier alpha value is -1.99. The minimum atomic E-state index is -0.483. The average molecular weight is 385 g/mol. The minimum absolute atomic E-state index is 0.108. The highest BCUT2D eigenvalue weighted by Gasteiger charge is 2.53. The van der Waals surface area contributed by atoms with Crippen molar-refractivity contribution in [1.29, 1.82) is 0 Å². The number of thiazole rings is 1. The highest BCUT2D eigenvalue weighted by molar-refractivity contribution is 7.14. The third-order valence-electron chi connectivity index (χ3n) is 6.54. The molecule has 0 spiro atoms. The summed E-state index contributed by atoms with van der Waals surface area (Å²) in [6.45, 7) is 0. The lowest BCUT2D eigenvalue weighted by atomic mass is 9.77. The highest BCUT2D eigenvalue weighted by Crippen LogP contribution is 2.55. The Bertz CT molecular complexity index is 842. The van der Waals surface area contributed by atoms with Crippen LogP contribution in [0.25, 0.3) is 0 Å². The van der Waals surface area contributed by atoms with E-state index in [4.69, 9.17) is 0 Å². The van der Waals surface area contributed by atoms with Gasteiger partial charge in [0, 0.05) is 17.6 Å². The fraction of sp³-hybridized carbons (Fsp3) is 0.550. The number of hydrogen-bond donors (Lipinski definition) is 3. The first kappa shape index (κ1) is 17.1. The first-order chi connectivity index (χ1) is 13.1. The normalized spacial score (nSPS) is 34.3. The van der Waals surface area contributed by atoms with Crippen LogP contribution in [0.2, 0.25) is 0 Å². The Labute approximate surface area is 162 Å². The van der Waals surface area contributed by atoms with Crippen molar-refractivity contribution in [2.75, 3.05) is 5.32 Å². The smallest absolute Gasteiger partial charge is 0.271 e. The van der Waals surface area contributed by atoms with Gasteiger partial charge in [0.15, 0.2) is 5.13 Å². The van der Waals surface area contributed by atoms with E-state index in [1.165, 1.54) is 17.8 Å². The number of fused-ring (bicyclic) bond motifs is 2. The summed E-state index contributed by atoms with van der Waals surface area (Å²) in [4.78, 5) is 21.3. The summed E-state index contributed by atoms with van der Waals surface area (Å²) < 4.78 is 0. The van der Waals surface area contributed by atoms with Gasteiger partial charge in [0.2, 0.25) is 0 Å². The molecule has 6 nitrogen and oxygen atoms in total. The maximum Gasteiger partial charge on any atom is 0.271 e. The van der Waals surface area contributed by atoms with E-state index in [-0.39, 0.29) is 11.9 Å². The lowest BCUT2D eigenvalue weighted by Crippen LogP contribution is -2.42. The van der Waals surface area contributed by atoms with Crippen LogP contribution >= 0.6 is 11.3 Å². The van der Waals surface area contributed by atoms with Gasteiger partial charge in [-0.2, -0.15) is 0 Å². The van der Waals surface area contributed by atoms with Crippen LogP contribution in [0.3, 0.4) is 0 Å². The SMILES string of the molecule is O=C(N[C@H]1CCC2CC3C[C@@](O)(C2)CC31)c1csc(Nc2cccnc2)n1. The van der Waals surface area contributed by atoms with Crippen LogP contribution < -0.4 is 10.6 Å². The van der Waals surface area contributed by atoms with Crippen molar-refractivity contribution in [3.63, 3.8) is 0 Å². The van der Waals surface area contributed by atoms with Crippen molar-refractivity contribution < 1.29 is 9.90 Å². The molecule has 142 valence electrons. The van der Waals surface area contributed by atoms with Crippen LogP contribution in [0.5, 0.6) is 0 Å². The number of amides is 1. The van der Waals surface area contributed by atoms with Gasteiger partial charge < -0.3 is 15.7 Å². The standard InChI is InChI=1S/C20H24N4O2S/c25-18(17-11-27-19(24-17)22-14-2-1-5-21-10-14)23-16-4-3-12-6-13-8-20(26,7-12)9-15(13)16/h1-2,5,10-13,15-16,26H,3-4,6-9H2,(H,22,24)(H,23,25)/t12?,13?,15?,16-,20-/m0/s1. The number of nitrogens with one attached hydrogen (secondary N) is 2. The van der Waals surface area contributed by atoms with Gasteiger partial charge in [-0.3, -0.25) is 9.78 Å². The third-order valence-corrected chi connectivity index (χ3v) is 7.29. The number of nitrogens with zero attached hydrogens (tertiary/aromatic N) is 2. The molecule has 3 saturated carbocycles. The fourth-order valence-electron chi connectivity index (χ4n) is 5.54. The molecule has 27 heavy (non-hydrogen) atoms. The largest absolute Gasteiger partial charge is 0.390 e. The number of carbonyl (C=O) groups is 1. The molecule has 1 amide bonds. The highest BCUT2D eigenvalue weighted by atomic mass is 32.1. The Balaban J connectivity index is 1.27. The average Bonchev–Trinajstić information content (AvgIpc) is 3.17. The molecule has 2 aromatic rings. The molecule has 2 aromatic heterocycles.